The van der Waals surface area contributed by atoms with Gasteiger partial charge in [-0.3, -0.25) is 9.59 Å². The Hall–Kier alpha value is -2.41. The van der Waals surface area contributed by atoms with E-state index in [0.29, 0.717) is 20.6 Å². The fourth-order valence-corrected chi connectivity index (χ4v) is 3.99. The molecule has 0 radical (unpaired) electrons. The summed E-state index contributed by atoms with van der Waals surface area (Å²) in [6.45, 7) is -0.163. The Morgan fingerprint density at radius 1 is 1.04 bits per heavy atom. The van der Waals surface area contributed by atoms with Crippen LogP contribution in [0.2, 0.25) is 10.0 Å². The van der Waals surface area contributed by atoms with Crippen LogP contribution >= 0.6 is 34.5 Å². The average molecular weight is 437 g/mol. The van der Waals surface area contributed by atoms with Gasteiger partial charge in [-0.15, -0.1) is 11.3 Å². The molecule has 3 aromatic rings. The van der Waals surface area contributed by atoms with Gasteiger partial charge < -0.3 is 10.2 Å². The quantitative estimate of drug-likeness (QED) is 0.567. The third kappa shape index (κ3) is 4.70. The molecule has 28 heavy (non-hydrogen) atoms. The maximum Gasteiger partial charge on any atom is 0.264 e. The van der Waals surface area contributed by atoms with Crippen molar-refractivity contribution >= 4 is 52.0 Å². The number of anilines is 1. The number of thiophene rings is 1. The number of halogens is 3. The van der Waals surface area contributed by atoms with Crippen molar-refractivity contribution in [2.75, 3.05) is 18.9 Å². The number of nitrogens with one attached hydrogen (secondary N) is 1. The number of hydrogen-bond acceptors (Lipinski definition) is 3. The minimum atomic E-state index is -0.416. The van der Waals surface area contributed by atoms with Gasteiger partial charge in [0.15, 0.2) is 0 Å². The molecule has 3 rings (SSSR count). The molecule has 0 aliphatic rings. The lowest BCUT2D eigenvalue weighted by Crippen LogP contribution is -2.34. The van der Waals surface area contributed by atoms with Crippen molar-refractivity contribution in [1.29, 1.82) is 0 Å². The summed E-state index contributed by atoms with van der Waals surface area (Å²) in [7, 11) is 1.54. The summed E-state index contributed by atoms with van der Waals surface area (Å²) in [6.07, 6.45) is 0. The molecule has 2 amide bonds. The molecule has 0 saturated heterocycles. The van der Waals surface area contributed by atoms with Gasteiger partial charge in [-0.05, 0) is 42.0 Å². The Kier molecular flexibility index (Phi) is 6.34. The van der Waals surface area contributed by atoms with Crippen LogP contribution in [0, 0.1) is 5.82 Å². The van der Waals surface area contributed by atoms with Gasteiger partial charge in [0.25, 0.3) is 5.91 Å². The molecule has 1 heterocycles. The van der Waals surface area contributed by atoms with E-state index in [1.54, 1.807) is 42.5 Å². The first-order valence-electron chi connectivity index (χ1n) is 8.20. The Morgan fingerprint density at radius 2 is 1.68 bits per heavy atom. The van der Waals surface area contributed by atoms with Crippen LogP contribution < -0.4 is 5.32 Å². The number of likely N-dealkylation sites (N-methyl/N-ethyl adjacent to an activating group) is 1. The summed E-state index contributed by atoms with van der Waals surface area (Å²) < 4.78 is 13.1. The van der Waals surface area contributed by atoms with Crippen LogP contribution in [0.25, 0.3) is 10.4 Å². The highest BCUT2D eigenvalue weighted by atomic mass is 35.5. The zero-order chi connectivity index (χ0) is 20.3. The summed E-state index contributed by atoms with van der Waals surface area (Å²) in [4.78, 5) is 27.5. The van der Waals surface area contributed by atoms with Crippen LogP contribution in [0.1, 0.15) is 9.67 Å². The second-order valence-electron chi connectivity index (χ2n) is 5.98. The van der Waals surface area contributed by atoms with E-state index in [9.17, 15) is 14.0 Å². The number of carbonyl (C=O) groups is 2. The number of benzene rings is 2. The van der Waals surface area contributed by atoms with E-state index in [1.807, 2.05) is 0 Å². The highest BCUT2D eigenvalue weighted by Gasteiger charge is 2.18. The highest BCUT2D eigenvalue weighted by molar-refractivity contribution is 7.17. The number of para-hydroxylation sites is 1. The van der Waals surface area contributed by atoms with E-state index in [0.717, 1.165) is 10.4 Å². The lowest BCUT2D eigenvalue weighted by atomic mass is 10.2. The van der Waals surface area contributed by atoms with Crippen LogP contribution in [0.3, 0.4) is 0 Å². The number of nitrogens with zero attached hydrogens (tertiary/aromatic N) is 1. The van der Waals surface area contributed by atoms with E-state index in [1.165, 1.54) is 35.4 Å². The van der Waals surface area contributed by atoms with E-state index in [2.05, 4.69) is 5.32 Å². The van der Waals surface area contributed by atoms with Crippen molar-refractivity contribution in [1.82, 2.24) is 4.90 Å². The van der Waals surface area contributed by atoms with Gasteiger partial charge in [0.05, 0.1) is 27.2 Å². The van der Waals surface area contributed by atoms with Crippen molar-refractivity contribution in [2.24, 2.45) is 0 Å². The van der Waals surface area contributed by atoms with E-state index in [-0.39, 0.29) is 18.3 Å². The maximum atomic E-state index is 13.1. The Morgan fingerprint density at radius 3 is 2.32 bits per heavy atom. The predicted octanol–water partition coefficient (Wildman–Crippen LogP) is 5.57. The largest absolute Gasteiger partial charge is 0.332 e. The second kappa shape index (κ2) is 8.73. The first-order chi connectivity index (χ1) is 13.3. The molecule has 144 valence electrons. The van der Waals surface area contributed by atoms with Crippen molar-refractivity contribution in [3.05, 3.63) is 75.3 Å². The fourth-order valence-electron chi connectivity index (χ4n) is 2.49. The van der Waals surface area contributed by atoms with Crippen LogP contribution in [0.4, 0.5) is 10.1 Å². The minimum absolute atomic E-state index is 0.163. The molecule has 1 aromatic heterocycles. The van der Waals surface area contributed by atoms with Crippen molar-refractivity contribution in [3.63, 3.8) is 0 Å². The molecule has 0 unspecified atom stereocenters. The van der Waals surface area contributed by atoms with Gasteiger partial charge in [-0.1, -0.05) is 41.4 Å². The lowest BCUT2D eigenvalue weighted by molar-refractivity contribution is -0.116. The molecule has 0 atom stereocenters. The SMILES string of the molecule is CN(CC(=O)Nc1c(Cl)cccc1Cl)C(=O)c1ccc(-c2ccc(F)cc2)s1. The van der Waals surface area contributed by atoms with E-state index >= 15 is 0 Å². The molecule has 0 aliphatic carbocycles. The first kappa shape index (κ1) is 20.3. The smallest absolute Gasteiger partial charge is 0.264 e. The molecular formula is C20H15Cl2FN2O2S. The molecule has 2 aromatic carbocycles. The van der Waals surface area contributed by atoms with E-state index < -0.39 is 5.91 Å². The highest BCUT2D eigenvalue weighted by Crippen LogP contribution is 2.30. The maximum absolute atomic E-state index is 13.1. The van der Waals surface area contributed by atoms with Crippen LogP contribution in [0.5, 0.6) is 0 Å². The summed E-state index contributed by atoms with van der Waals surface area (Å²) in [6, 6.07) is 14.4. The van der Waals surface area contributed by atoms with Gasteiger partial charge >= 0.3 is 0 Å². The summed E-state index contributed by atoms with van der Waals surface area (Å²) in [5, 5.41) is 3.26. The molecule has 0 spiro atoms. The Labute approximate surface area is 175 Å². The zero-order valence-corrected chi connectivity index (χ0v) is 17.0. The first-order valence-corrected chi connectivity index (χ1v) is 9.77. The lowest BCUT2D eigenvalue weighted by Gasteiger charge is -2.16. The normalized spacial score (nSPS) is 10.6. The van der Waals surface area contributed by atoms with Gasteiger partial charge in [0.1, 0.15) is 5.82 Å². The molecule has 0 saturated carbocycles. The number of carbonyl (C=O) groups excluding carboxylic acids is 2. The Balaban J connectivity index is 1.66. The van der Waals surface area contributed by atoms with Crippen molar-refractivity contribution in [3.8, 4) is 10.4 Å². The minimum Gasteiger partial charge on any atom is -0.332 e. The number of hydrogen-bond donors (Lipinski definition) is 1. The van der Waals surface area contributed by atoms with Crippen molar-refractivity contribution in [2.45, 2.75) is 0 Å². The zero-order valence-electron chi connectivity index (χ0n) is 14.7. The molecule has 8 heteroatoms. The van der Waals surface area contributed by atoms with Gasteiger partial charge in [-0.25, -0.2) is 4.39 Å². The molecule has 0 bridgehead atoms. The fraction of sp³-hybridized carbons (Fsp3) is 0.100. The predicted molar refractivity (Wildman–Crippen MR) is 112 cm³/mol. The topological polar surface area (TPSA) is 49.4 Å². The van der Waals surface area contributed by atoms with Gasteiger partial charge in [-0.2, -0.15) is 0 Å². The monoisotopic (exact) mass is 436 g/mol. The second-order valence-corrected chi connectivity index (χ2v) is 7.88. The average Bonchev–Trinajstić information content (AvgIpc) is 3.15. The van der Waals surface area contributed by atoms with Crippen LogP contribution in [-0.2, 0) is 4.79 Å². The van der Waals surface area contributed by atoms with Crippen LogP contribution in [-0.4, -0.2) is 30.3 Å². The third-order valence-corrected chi connectivity index (χ3v) is 5.65. The van der Waals surface area contributed by atoms with Gasteiger partial charge in [0.2, 0.25) is 5.91 Å². The molecular weight excluding hydrogens is 422 g/mol. The number of rotatable bonds is 5. The summed E-state index contributed by atoms with van der Waals surface area (Å²) >= 11 is 13.4. The van der Waals surface area contributed by atoms with Gasteiger partial charge in [0, 0.05) is 11.9 Å². The summed E-state index contributed by atoms with van der Waals surface area (Å²) in [5.41, 5.74) is 1.13. The van der Waals surface area contributed by atoms with E-state index in [4.69, 9.17) is 23.2 Å². The Bertz CT molecular complexity index is 1000. The molecule has 0 aliphatic heterocycles. The molecule has 4 nitrogen and oxygen atoms in total. The third-order valence-electron chi connectivity index (χ3n) is 3.90. The van der Waals surface area contributed by atoms with Crippen molar-refractivity contribution < 1.29 is 14.0 Å². The standard InChI is InChI=1S/C20H15Cl2FN2O2S/c1-25(11-18(26)24-19-14(21)3-2-4-15(19)22)20(27)17-10-9-16(28-17)12-5-7-13(23)8-6-12/h2-10H,11H2,1H3,(H,24,26). The van der Waals surface area contributed by atoms with Crippen LogP contribution in [0.15, 0.2) is 54.6 Å². The number of amides is 2. The molecule has 0 fully saturated rings. The molecule has 1 N–H and O–H groups in total. The summed E-state index contributed by atoms with van der Waals surface area (Å²) in [5.74, 6) is -1.03.